The van der Waals surface area contributed by atoms with Gasteiger partial charge in [0.05, 0.1) is 46.8 Å². The predicted molar refractivity (Wildman–Crippen MR) is 165 cm³/mol. The Morgan fingerprint density at radius 2 is 1.34 bits per heavy atom. The number of Topliss-reactive ketones (excluding diaryl/α,β-unsaturated/α-hetero) is 2. The molecule has 47 heavy (non-hydrogen) atoms. The summed E-state index contributed by atoms with van der Waals surface area (Å²) >= 11 is 0. The van der Waals surface area contributed by atoms with Crippen LogP contribution in [0.2, 0.25) is 0 Å². The van der Waals surface area contributed by atoms with Gasteiger partial charge in [-0.25, -0.2) is 0 Å². The van der Waals surface area contributed by atoms with Crippen LogP contribution < -0.4 is 37.9 Å². The lowest BCUT2D eigenvalue weighted by Gasteiger charge is -2.30. The predicted octanol–water partition coefficient (Wildman–Crippen LogP) is 5.94. The highest BCUT2D eigenvalue weighted by atomic mass is 16.7. The minimum absolute atomic E-state index is 0.00944. The molecule has 0 aliphatic carbocycles. The molecule has 0 fully saturated rings. The average molecular weight is 643 g/mol. The molecule has 0 spiro atoms. The second-order valence-electron chi connectivity index (χ2n) is 11.1. The lowest BCUT2D eigenvalue weighted by molar-refractivity contribution is 0.0834. The third-order valence-corrected chi connectivity index (χ3v) is 8.47. The van der Waals surface area contributed by atoms with Crippen LogP contribution >= 0.6 is 0 Å². The number of aromatic hydroxyl groups is 2. The van der Waals surface area contributed by atoms with Gasteiger partial charge in [-0.05, 0) is 35.4 Å². The number of phenolic OH excluding ortho intramolecular Hbond substituents is 2. The molecule has 0 radical (unpaired) electrons. The number of phenols is 2. The second kappa shape index (κ2) is 11.5. The smallest absolute Gasteiger partial charge is 0.231 e. The maximum atomic E-state index is 13.7. The molecule has 3 aliphatic rings. The van der Waals surface area contributed by atoms with E-state index in [0.717, 1.165) is 0 Å². The lowest BCUT2D eigenvalue weighted by atomic mass is 9.88. The Morgan fingerprint density at radius 3 is 2.06 bits per heavy atom. The quantitative estimate of drug-likeness (QED) is 0.246. The van der Waals surface area contributed by atoms with E-state index in [2.05, 4.69) is 0 Å². The highest BCUT2D eigenvalue weighted by Gasteiger charge is 2.38. The lowest BCUT2D eigenvalue weighted by Crippen LogP contribution is -2.22. The van der Waals surface area contributed by atoms with Crippen LogP contribution in [0.1, 0.15) is 56.9 Å². The monoisotopic (exact) mass is 642 g/mol. The van der Waals surface area contributed by atoms with Crippen molar-refractivity contribution in [2.45, 2.75) is 25.0 Å². The summed E-state index contributed by atoms with van der Waals surface area (Å²) in [4.78, 5) is 26.9. The summed E-state index contributed by atoms with van der Waals surface area (Å²) in [6, 6.07) is 13.0. The highest BCUT2D eigenvalue weighted by Crippen LogP contribution is 2.55. The van der Waals surface area contributed by atoms with Crippen molar-refractivity contribution in [3.05, 3.63) is 70.8 Å². The summed E-state index contributed by atoms with van der Waals surface area (Å²) in [5.74, 6) is 1.25. The van der Waals surface area contributed by atoms with Gasteiger partial charge in [0.2, 0.25) is 6.79 Å². The molecule has 2 N–H and O–H groups in total. The van der Waals surface area contributed by atoms with Gasteiger partial charge in [-0.2, -0.15) is 0 Å². The number of benzene rings is 4. The molecular weight excluding hydrogens is 612 g/mol. The topological polar surface area (TPSA) is 148 Å². The number of fused-ring (bicyclic) bond motifs is 3. The van der Waals surface area contributed by atoms with Gasteiger partial charge in [-0.3, -0.25) is 9.59 Å². The number of carbonyl (C=O) groups is 2. The van der Waals surface area contributed by atoms with Crippen molar-refractivity contribution in [2.24, 2.45) is 0 Å². The van der Waals surface area contributed by atoms with Crippen LogP contribution in [-0.4, -0.2) is 57.0 Å². The molecule has 3 heterocycles. The fourth-order valence-corrected chi connectivity index (χ4v) is 6.25. The summed E-state index contributed by atoms with van der Waals surface area (Å²) in [6.45, 7) is 0.0931. The van der Waals surface area contributed by atoms with Crippen molar-refractivity contribution in [1.82, 2.24) is 0 Å². The van der Waals surface area contributed by atoms with E-state index >= 15 is 0 Å². The second-order valence-corrected chi connectivity index (χ2v) is 11.1. The Labute approximate surface area is 268 Å². The Kier molecular flexibility index (Phi) is 7.34. The van der Waals surface area contributed by atoms with Gasteiger partial charge >= 0.3 is 0 Å². The van der Waals surface area contributed by atoms with Crippen molar-refractivity contribution in [3.63, 3.8) is 0 Å². The molecule has 3 aliphatic heterocycles. The normalized spacial score (nSPS) is 17.6. The Bertz CT molecular complexity index is 1950. The van der Waals surface area contributed by atoms with E-state index < -0.39 is 12.2 Å². The average Bonchev–Trinajstić information content (AvgIpc) is 3.55. The van der Waals surface area contributed by atoms with Crippen molar-refractivity contribution in [1.29, 1.82) is 0 Å². The highest BCUT2D eigenvalue weighted by molar-refractivity contribution is 6.06. The number of hydrogen-bond donors (Lipinski definition) is 2. The fraction of sp³-hybridized carbons (Fsp3) is 0.257. The van der Waals surface area contributed by atoms with Gasteiger partial charge in [-0.15, -0.1) is 0 Å². The first kappa shape index (κ1) is 29.9. The Hall–Kier alpha value is -5.78. The Balaban J connectivity index is 1.38. The molecular formula is C35H30O12. The number of ketones is 2. The van der Waals surface area contributed by atoms with Crippen molar-refractivity contribution in [2.75, 3.05) is 35.2 Å². The zero-order chi connectivity index (χ0) is 33.0. The van der Waals surface area contributed by atoms with E-state index in [1.807, 2.05) is 0 Å². The van der Waals surface area contributed by atoms with Gasteiger partial charge in [0.15, 0.2) is 34.6 Å². The molecule has 4 aromatic rings. The maximum Gasteiger partial charge on any atom is 0.231 e. The van der Waals surface area contributed by atoms with Gasteiger partial charge in [-0.1, -0.05) is 6.07 Å². The standard InChI is InChI=1S/C35H30O12/c1-40-18-10-20(36)32-21(37)12-26(46-29(32)11-18)17-7-19(34(43-4)30(9-17)42-3)31-28(41-2)14-23(39)33-22(38)13-25(47-35(31)33)16-5-6-24-27(8-16)45-15-44-24/h5-11,14,25-26,36,39H,12-13,15H2,1-4H3/t25-,26-/m0/s1. The van der Waals surface area contributed by atoms with Crippen molar-refractivity contribution < 1.29 is 57.7 Å². The first-order chi connectivity index (χ1) is 22.7. The summed E-state index contributed by atoms with van der Waals surface area (Å²) in [5.41, 5.74) is 1.97. The number of hydrogen-bond acceptors (Lipinski definition) is 12. The summed E-state index contributed by atoms with van der Waals surface area (Å²) in [6.07, 6.45) is -1.67. The van der Waals surface area contributed by atoms with Crippen molar-refractivity contribution >= 4 is 11.6 Å². The Morgan fingerprint density at radius 1 is 0.638 bits per heavy atom. The third kappa shape index (κ3) is 4.93. The number of ether oxygens (including phenoxy) is 8. The van der Waals surface area contributed by atoms with Crippen LogP contribution in [0.3, 0.4) is 0 Å². The van der Waals surface area contributed by atoms with E-state index in [0.29, 0.717) is 45.3 Å². The van der Waals surface area contributed by atoms with E-state index in [4.69, 9.17) is 37.9 Å². The zero-order valence-corrected chi connectivity index (χ0v) is 25.9. The van der Waals surface area contributed by atoms with E-state index in [9.17, 15) is 19.8 Å². The molecule has 4 aromatic carbocycles. The molecule has 2 atom stereocenters. The molecule has 0 aromatic heterocycles. The first-order valence-electron chi connectivity index (χ1n) is 14.6. The number of carbonyl (C=O) groups excluding carboxylic acids is 2. The van der Waals surface area contributed by atoms with Crippen LogP contribution in [-0.2, 0) is 0 Å². The van der Waals surface area contributed by atoms with Gasteiger partial charge < -0.3 is 48.1 Å². The largest absolute Gasteiger partial charge is 0.507 e. The number of methoxy groups -OCH3 is 4. The van der Waals surface area contributed by atoms with Crippen LogP contribution in [0.5, 0.6) is 57.5 Å². The zero-order valence-electron chi connectivity index (χ0n) is 25.9. The first-order valence-corrected chi connectivity index (χ1v) is 14.6. The van der Waals surface area contributed by atoms with Crippen molar-refractivity contribution in [3.8, 4) is 68.6 Å². The van der Waals surface area contributed by atoms with E-state index in [1.54, 1.807) is 30.3 Å². The van der Waals surface area contributed by atoms with Crippen LogP contribution in [0.15, 0.2) is 48.5 Å². The molecule has 12 nitrogen and oxygen atoms in total. The van der Waals surface area contributed by atoms with Crippen LogP contribution in [0.25, 0.3) is 11.1 Å². The molecule has 0 amide bonds. The van der Waals surface area contributed by atoms with Gasteiger partial charge in [0.25, 0.3) is 0 Å². The molecule has 7 rings (SSSR count). The van der Waals surface area contributed by atoms with Gasteiger partial charge in [0.1, 0.15) is 57.8 Å². The SMILES string of the molecule is COc1cc(O)c2c(c1)O[C@H](c1cc(OC)c(OC)c(-c3c(OC)cc(O)c4c3O[C@H](c3ccc5c(c3)OCO5)CC4=O)c1)CC2=O. The molecule has 0 bridgehead atoms. The van der Waals surface area contributed by atoms with E-state index in [-0.39, 0.29) is 76.8 Å². The van der Waals surface area contributed by atoms with Crippen LogP contribution in [0.4, 0.5) is 0 Å². The summed E-state index contributed by atoms with van der Waals surface area (Å²) in [5, 5.41) is 21.5. The number of rotatable bonds is 7. The molecule has 0 saturated carbocycles. The molecule has 0 saturated heterocycles. The fourth-order valence-electron chi connectivity index (χ4n) is 6.25. The van der Waals surface area contributed by atoms with Crippen LogP contribution in [0, 0.1) is 0 Å². The molecule has 242 valence electrons. The van der Waals surface area contributed by atoms with Gasteiger partial charge in [0, 0.05) is 23.8 Å². The summed E-state index contributed by atoms with van der Waals surface area (Å²) < 4.78 is 46.3. The molecule has 12 heteroatoms. The summed E-state index contributed by atoms with van der Waals surface area (Å²) in [7, 11) is 5.81. The molecule has 0 unspecified atom stereocenters. The maximum absolute atomic E-state index is 13.7. The third-order valence-electron chi connectivity index (χ3n) is 8.47. The minimum atomic E-state index is -0.803. The van der Waals surface area contributed by atoms with E-state index in [1.165, 1.54) is 46.6 Å². The minimum Gasteiger partial charge on any atom is -0.507 e.